The molecule has 0 saturated heterocycles. The maximum atomic E-state index is 12.4. The third kappa shape index (κ3) is 4.87. The number of carboxylic acids is 1. The van der Waals surface area contributed by atoms with Crippen LogP contribution in [0.1, 0.15) is 30.7 Å². The minimum absolute atomic E-state index is 0.0338. The Morgan fingerprint density at radius 2 is 2.00 bits per heavy atom. The van der Waals surface area contributed by atoms with Gasteiger partial charge in [0, 0.05) is 25.9 Å². The first kappa shape index (κ1) is 18.1. The van der Waals surface area contributed by atoms with Gasteiger partial charge < -0.3 is 14.7 Å². The number of aliphatic carboxylic acids is 1. The highest BCUT2D eigenvalue weighted by Crippen LogP contribution is 2.51. The molecule has 2 rings (SSSR count). The summed E-state index contributed by atoms with van der Waals surface area (Å²) in [5.74, 6) is -2.10. The van der Waals surface area contributed by atoms with Crippen LogP contribution in [0.15, 0.2) is 24.3 Å². The van der Waals surface area contributed by atoms with Crippen molar-refractivity contribution in [2.75, 3.05) is 13.6 Å². The third-order valence-corrected chi connectivity index (χ3v) is 3.91. The molecule has 1 amide bonds. The van der Waals surface area contributed by atoms with Crippen LogP contribution in [0.3, 0.4) is 0 Å². The number of carbonyl (C=O) groups is 2. The molecule has 1 aromatic carbocycles. The van der Waals surface area contributed by atoms with Crippen LogP contribution in [0.5, 0.6) is 5.75 Å². The van der Waals surface area contributed by atoms with Gasteiger partial charge in [-0.2, -0.15) is 0 Å². The average molecular weight is 345 g/mol. The van der Waals surface area contributed by atoms with Crippen molar-refractivity contribution in [2.24, 2.45) is 5.92 Å². The third-order valence-electron chi connectivity index (χ3n) is 3.91. The van der Waals surface area contributed by atoms with Crippen LogP contribution in [-0.4, -0.2) is 41.8 Å². The smallest absolute Gasteiger partial charge is 0.481 e. The second-order valence-corrected chi connectivity index (χ2v) is 5.79. The first-order valence-electron chi connectivity index (χ1n) is 7.50. The number of carbonyl (C=O) groups excluding carboxylic acids is 1. The summed E-state index contributed by atoms with van der Waals surface area (Å²) >= 11 is 0. The van der Waals surface area contributed by atoms with Crippen molar-refractivity contribution in [2.45, 2.75) is 31.5 Å². The van der Waals surface area contributed by atoms with Gasteiger partial charge in [0.25, 0.3) is 0 Å². The summed E-state index contributed by atoms with van der Waals surface area (Å²) in [6.45, 7) is 0.301. The molecule has 5 nitrogen and oxygen atoms in total. The molecule has 1 aliphatic rings. The fourth-order valence-electron chi connectivity index (χ4n) is 2.68. The lowest BCUT2D eigenvalue weighted by Gasteiger charge is -2.17. The Morgan fingerprint density at radius 3 is 2.62 bits per heavy atom. The van der Waals surface area contributed by atoms with Crippen molar-refractivity contribution < 1.29 is 32.6 Å². The minimum atomic E-state index is -4.78. The molecule has 1 aliphatic carbocycles. The zero-order valence-electron chi connectivity index (χ0n) is 13.0. The first-order valence-corrected chi connectivity index (χ1v) is 7.50. The summed E-state index contributed by atoms with van der Waals surface area (Å²) in [6.07, 6.45) is -4.02. The Morgan fingerprint density at radius 1 is 1.33 bits per heavy atom. The average Bonchev–Trinajstić information content (AvgIpc) is 3.25. The lowest BCUT2D eigenvalue weighted by atomic mass is 10.1. The number of para-hydroxylation sites is 1. The van der Waals surface area contributed by atoms with Crippen LogP contribution in [0.4, 0.5) is 13.2 Å². The van der Waals surface area contributed by atoms with E-state index >= 15 is 0 Å². The standard InChI is InChI=1S/C16H18F3NO4/c1-20(8-4-7-14(21)22)15(23)12-9-11(12)10-5-2-3-6-13(10)24-16(17,18)19/h2-3,5-6,11-12H,4,7-9H2,1H3,(H,21,22)/t11-,12+/m0/s1. The second-order valence-electron chi connectivity index (χ2n) is 5.79. The summed E-state index contributed by atoms with van der Waals surface area (Å²) in [5.41, 5.74) is 0.368. The van der Waals surface area contributed by atoms with E-state index in [4.69, 9.17) is 5.11 Å². The molecule has 0 aromatic heterocycles. The van der Waals surface area contributed by atoms with E-state index in [-0.39, 0.29) is 24.0 Å². The van der Waals surface area contributed by atoms with E-state index in [1.54, 1.807) is 13.1 Å². The van der Waals surface area contributed by atoms with Gasteiger partial charge in [-0.05, 0) is 30.4 Å². The number of nitrogens with zero attached hydrogens (tertiary/aromatic N) is 1. The highest BCUT2D eigenvalue weighted by molar-refractivity contribution is 5.83. The van der Waals surface area contributed by atoms with Crippen molar-refractivity contribution >= 4 is 11.9 Å². The fraction of sp³-hybridized carbons (Fsp3) is 0.500. The Kier molecular flexibility index (Phi) is 5.36. The fourth-order valence-corrected chi connectivity index (χ4v) is 2.68. The molecule has 1 saturated carbocycles. The molecule has 1 aromatic rings. The molecule has 8 heteroatoms. The van der Waals surface area contributed by atoms with Gasteiger partial charge >= 0.3 is 12.3 Å². The molecule has 1 N–H and O–H groups in total. The van der Waals surface area contributed by atoms with Crippen molar-refractivity contribution in [3.05, 3.63) is 29.8 Å². The molecule has 0 aliphatic heterocycles. The topological polar surface area (TPSA) is 66.8 Å². The number of carboxylic acid groups (broad SMARTS) is 1. The summed E-state index contributed by atoms with van der Waals surface area (Å²) in [5, 5.41) is 8.59. The number of amides is 1. The number of halogens is 3. The van der Waals surface area contributed by atoms with Crippen LogP contribution < -0.4 is 4.74 Å². The van der Waals surface area contributed by atoms with Crippen molar-refractivity contribution in [1.82, 2.24) is 4.90 Å². The van der Waals surface area contributed by atoms with Crippen LogP contribution >= 0.6 is 0 Å². The largest absolute Gasteiger partial charge is 0.573 e. The molecule has 24 heavy (non-hydrogen) atoms. The zero-order valence-corrected chi connectivity index (χ0v) is 13.0. The quantitative estimate of drug-likeness (QED) is 0.825. The maximum absolute atomic E-state index is 12.4. The number of benzene rings is 1. The molecular weight excluding hydrogens is 327 g/mol. The molecule has 2 atom stereocenters. The van der Waals surface area contributed by atoms with Gasteiger partial charge in [-0.3, -0.25) is 9.59 Å². The monoisotopic (exact) mass is 345 g/mol. The SMILES string of the molecule is CN(CCCC(=O)O)C(=O)[C@@H]1C[C@H]1c1ccccc1OC(F)(F)F. The van der Waals surface area contributed by atoms with Gasteiger partial charge in [-0.25, -0.2) is 0 Å². The van der Waals surface area contributed by atoms with Crippen LogP contribution in [0.2, 0.25) is 0 Å². The van der Waals surface area contributed by atoms with E-state index in [9.17, 15) is 22.8 Å². The highest BCUT2D eigenvalue weighted by atomic mass is 19.4. The van der Waals surface area contributed by atoms with Gasteiger partial charge in [0.1, 0.15) is 5.75 Å². The minimum Gasteiger partial charge on any atom is -0.481 e. The lowest BCUT2D eigenvalue weighted by Crippen LogP contribution is -2.29. The van der Waals surface area contributed by atoms with E-state index in [0.29, 0.717) is 24.9 Å². The number of alkyl halides is 3. The molecule has 0 heterocycles. The Hall–Kier alpha value is -2.25. The van der Waals surface area contributed by atoms with Crippen molar-refractivity contribution in [3.63, 3.8) is 0 Å². The van der Waals surface area contributed by atoms with Crippen LogP contribution in [0.25, 0.3) is 0 Å². The Labute approximate surface area is 137 Å². The molecule has 0 radical (unpaired) electrons. The summed E-state index contributed by atoms with van der Waals surface area (Å²) in [4.78, 5) is 24.2. The molecule has 1 fully saturated rings. The summed E-state index contributed by atoms with van der Waals surface area (Å²) < 4.78 is 41.4. The molecule has 132 valence electrons. The van der Waals surface area contributed by atoms with Gasteiger partial charge in [0.05, 0.1) is 0 Å². The number of rotatable bonds is 7. The molecule has 0 unspecified atom stereocenters. The van der Waals surface area contributed by atoms with Crippen molar-refractivity contribution in [3.8, 4) is 5.75 Å². The Balaban J connectivity index is 1.97. The number of hydrogen-bond donors (Lipinski definition) is 1. The van der Waals surface area contributed by atoms with E-state index in [2.05, 4.69) is 4.74 Å². The number of ether oxygens (including phenoxy) is 1. The summed E-state index contributed by atoms with van der Waals surface area (Å²) in [7, 11) is 1.57. The van der Waals surface area contributed by atoms with Gasteiger partial charge in [0.15, 0.2) is 0 Å². The molecule has 0 spiro atoms. The Bertz CT molecular complexity index is 618. The normalized spacial score (nSPS) is 19.7. The molecular formula is C16H18F3NO4. The van der Waals surface area contributed by atoms with Crippen LogP contribution in [0, 0.1) is 5.92 Å². The predicted molar refractivity (Wildman–Crippen MR) is 78.5 cm³/mol. The first-order chi connectivity index (χ1) is 11.2. The molecule has 0 bridgehead atoms. The van der Waals surface area contributed by atoms with E-state index in [0.717, 1.165) is 0 Å². The van der Waals surface area contributed by atoms with Gasteiger partial charge in [-0.15, -0.1) is 13.2 Å². The van der Waals surface area contributed by atoms with Gasteiger partial charge in [0.2, 0.25) is 5.91 Å². The summed E-state index contributed by atoms with van der Waals surface area (Å²) in [6, 6.07) is 5.82. The van der Waals surface area contributed by atoms with Crippen LogP contribution in [-0.2, 0) is 9.59 Å². The highest BCUT2D eigenvalue weighted by Gasteiger charge is 2.47. The zero-order chi connectivity index (χ0) is 17.9. The van der Waals surface area contributed by atoms with Crippen molar-refractivity contribution in [1.29, 1.82) is 0 Å². The van der Waals surface area contributed by atoms with E-state index in [1.165, 1.54) is 23.1 Å². The van der Waals surface area contributed by atoms with Gasteiger partial charge in [-0.1, -0.05) is 18.2 Å². The predicted octanol–water partition coefficient (Wildman–Crippen LogP) is 3.01. The number of hydrogen-bond acceptors (Lipinski definition) is 3. The maximum Gasteiger partial charge on any atom is 0.573 e. The van der Waals surface area contributed by atoms with E-state index in [1.807, 2.05) is 0 Å². The lowest BCUT2D eigenvalue weighted by molar-refractivity contribution is -0.274. The second kappa shape index (κ2) is 7.11. The van der Waals surface area contributed by atoms with E-state index < -0.39 is 18.2 Å².